The van der Waals surface area contributed by atoms with Crippen molar-refractivity contribution in [3.63, 3.8) is 0 Å². The number of aliphatic hydroxyl groups excluding tert-OH is 1. The van der Waals surface area contributed by atoms with Crippen molar-refractivity contribution in [1.82, 2.24) is 19.6 Å². The summed E-state index contributed by atoms with van der Waals surface area (Å²) in [6, 6.07) is 4.69. The molecule has 200 valence electrons. The van der Waals surface area contributed by atoms with Crippen LogP contribution in [-0.2, 0) is 9.53 Å². The van der Waals surface area contributed by atoms with Gasteiger partial charge in [-0.2, -0.15) is 0 Å². The maximum absolute atomic E-state index is 14.9. The second-order valence-corrected chi connectivity index (χ2v) is 8.85. The van der Waals surface area contributed by atoms with Gasteiger partial charge in [0.1, 0.15) is 28.9 Å². The number of carbonyl (C=O) groups excluding carboxylic acids is 3. The number of nitrogens with zero attached hydrogens (tertiary/aromatic N) is 5. The van der Waals surface area contributed by atoms with Crippen LogP contribution in [0.5, 0.6) is 0 Å². The summed E-state index contributed by atoms with van der Waals surface area (Å²) < 4.78 is 49.4. The molecule has 2 aliphatic heterocycles. The average Bonchev–Trinajstić information content (AvgIpc) is 3.50. The molecule has 0 unspecified atom stereocenters. The molecule has 2 N–H and O–H groups in total. The SMILES string of the molecule is O=C(NCC(=O)N1CCN(c2c(F)cc(N3C[C@H](CO)OC3=O)cc2F)CC1)c1cn2cc(F)ccc2n1. The number of anilines is 2. The third-order valence-corrected chi connectivity index (χ3v) is 6.39. The summed E-state index contributed by atoms with van der Waals surface area (Å²) in [4.78, 5) is 45.0. The standard InChI is InChI=1S/C24H23F3N6O5/c25-14-1-2-20-29-19(12-32(20)10-14)23(36)28-9-21(35)30-3-5-31(6-4-30)22-17(26)7-15(8-18(22)27)33-11-16(13-34)38-24(33)37/h1-2,7-8,10,12,16,34H,3-6,9,11,13H2,(H,28,36)/t16-/m1/s1. The van der Waals surface area contributed by atoms with Crippen LogP contribution in [0.15, 0.2) is 36.7 Å². The Morgan fingerprint density at radius 2 is 1.79 bits per heavy atom. The number of rotatable bonds is 6. The fraction of sp³-hybridized carbons (Fsp3) is 0.333. The lowest BCUT2D eigenvalue weighted by atomic mass is 10.2. The highest BCUT2D eigenvalue weighted by atomic mass is 19.1. The number of carbonyl (C=O) groups is 3. The molecule has 4 heterocycles. The molecule has 0 radical (unpaired) electrons. The summed E-state index contributed by atoms with van der Waals surface area (Å²) in [6.07, 6.45) is 0.955. The van der Waals surface area contributed by atoms with Gasteiger partial charge in [0.05, 0.1) is 25.4 Å². The lowest BCUT2D eigenvalue weighted by Gasteiger charge is -2.36. The van der Waals surface area contributed by atoms with Crippen molar-refractivity contribution in [1.29, 1.82) is 0 Å². The lowest BCUT2D eigenvalue weighted by Crippen LogP contribution is -2.51. The first-order valence-electron chi connectivity index (χ1n) is 11.8. The number of nitrogens with one attached hydrogen (secondary N) is 1. The van der Waals surface area contributed by atoms with E-state index < -0.39 is 42.2 Å². The van der Waals surface area contributed by atoms with Gasteiger partial charge < -0.3 is 29.4 Å². The number of hydrogen-bond donors (Lipinski definition) is 2. The predicted octanol–water partition coefficient (Wildman–Crippen LogP) is 1.15. The van der Waals surface area contributed by atoms with E-state index in [9.17, 15) is 27.6 Å². The van der Waals surface area contributed by atoms with Crippen LogP contribution in [-0.4, -0.2) is 89.3 Å². The van der Waals surface area contributed by atoms with E-state index in [0.717, 1.165) is 17.0 Å². The average molecular weight is 532 g/mol. The number of halogens is 3. The molecule has 0 bridgehead atoms. The van der Waals surface area contributed by atoms with Gasteiger partial charge in [0.2, 0.25) is 5.91 Å². The molecule has 3 aromatic rings. The number of pyridine rings is 1. The van der Waals surface area contributed by atoms with Gasteiger partial charge in [0.25, 0.3) is 5.91 Å². The monoisotopic (exact) mass is 532 g/mol. The van der Waals surface area contributed by atoms with E-state index in [1.54, 1.807) is 0 Å². The van der Waals surface area contributed by atoms with Crippen molar-refractivity contribution in [3.05, 3.63) is 59.8 Å². The first kappa shape index (κ1) is 25.3. The quantitative estimate of drug-likeness (QED) is 0.489. The number of aliphatic hydroxyl groups is 1. The summed E-state index contributed by atoms with van der Waals surface area (Å²) in [6.45, 7) is -0.120. The zero-order valence-electron chi connectivity index (χ0n) is 19.9. The second-order valence-electron chi connectivity index (χ2n) is 8.85. The van der Waals surface area contributed by atoms with Crippen LogP contribution in [0.2, 0.25) is 0 Å². The van der Waals surface area contributed by atoms with E-state index in [-0.39, 0.29) is 62.2 Å². The Kier molecular flexibility index (Phi) is 6.80. The maximum atomic E-state index is 14.9. The molecule has 0 saturated carbocycles. The van der Waals surface area contributed by atoms with Crippen molar-refractivity contribution in [2.45, 2.75) is 6.10 Å². The Hall–Kier alpha value is -4.33. The van der Waals surface area contributed by atoms with E-state index >= 15 is 0 Å². The number of fused-ring (bicyclic) bond motifs is 1. The van der Waals surface area contributed by atoms with Gasteiger partial charge in [-0.1, -0.05) is 0 Å². The molecule has 11 nitrogen and oxygen atoms in total. The maximum Gasteiger partial charge on any atom is 0.414 e. The predicted molar refractivity (Wildman–Crippen MR) is 127 cm³/mol. The Bertz CT molecular complexity index is 1380. The van der Waals surface area contributed by atoms with Gasteiger partial charge in [0.15, 0.2) is 11.6 Å². The summed E-state index contributed by atoms with van der Waals surface area (Å²) in [7, 11) is 0. The molecule has 2 fully saturated rings. The molecule has 1 atom stereocenters. The van der Waals surface area contributed by atoms with Crippen LogP contribution in [0.1, 0.15) is 10.5 Å². The molecule has 5 rings (SSSR count). The summed E-state index contributed by atoms with van der Waals surface area (Å²) >= 11 is 0. The first-order valence-corrected chi connectivity index (χ1v) is 11.8. The molecule has 2 aromatic heterocycles. The Morgan fingerprint density at radius 3 is 2.45 bits per heavy atom. The molecule has 3 amide bonds. The van der Waals surface area contributed by atoms with Crippen molar-refractivity contribution < 1.29 is 37.4 Å². The number of cyclic esters (lactones) is 1. The minimum atomic E-state index is -0.875. The van der Waals surface area contributed by atoms with Gasteiger partial charge in [-0.25, -0.2) is 22.9 Å². The first-order chi connectivity index (χ1) is 18.2. The minimum Gasteiger partial charge on any atom is -0.441 e. The van der Waals surface area contributed by atoms with Crippen molar-refractivity contribution in [2.75, 3.05) is 55.7 Å². The molecule has 14 heteroatoms. The summed E-state index contributed by atoms with van der Waals surface area (Å²) in [5, 5.41) is 11.6. The largest absolute Gasteiger partial charge is 0.441 e. The van der Waals surface area contributed by atoms with E-state index in [4.69, 9.17) is 9.84 Å². The Balaban J connectivity index is 1.16. The van der Waals surface area contributed by atoms with E-state index in [2.05, 4.69) is 10.3 Å². The van der Waals surface area contributed by atoms with Crippen LogP contribution >= 0.6 is 0 Å². The topological polar surface area (TPSA) is 120 Å². The fourth-order valence-electron chi connectivity index (χ4n) is 4.45. The number of aromatic nitrogens is 2. The number of piperazine rings is 1. The van der Waals surface area contributed by atoms with Crippen LogP contribution < -0.4 is 15.1 Å². The molecule has 2 aliphatic rings. The third kappa shape index (κ3) is 4.94. The zero-order valence-corrected chi connectivity index (χ0v) is 19.9. The summed E-state index contributed by atoms with van der Waals surface area (Å²) in [5.74, 6) is -3.22. The van der Waals surface area contributed by atoms with Crippen molar-refractivity contribution in [2.24, 2.45) is 0 Å². The van der Waals surface area contributed by atoms with Crippen molar-refractivity contribution in [3.8, 4) is 0 Å². The van der Waals surface area contributed by atoms with Crippen LogP contribution in [0, 0.1) is 17.5 Å². The van der Waals surface area contributed by atoms with Crippen LogP contribution in [0.3, 0.4) is 0 Å². The van der Waals surface area contributed by atoms with Gasteiger partial charge >= 0.3 is 6.09 Å². The highest BCUT2D eigenvalue weighted by molar-refractivity contribution is 5.95. The van der Waals surface area contributed by atoms with E-state index in [1.165, 1.54) is 38.7 Å². The Morgan fingerprint density at radius 1 is 1.08 bits per heavy atom. The number of ether oxygens (including phenoxy) is 1. The van der Waals surface area contributed by atoms with Crippen LogP contribution in [0.25, 0.3) is 5.65 Å². The molecular weight excluding hydrogens is 509 g/mol. The number of amides is 3. The molecular formula is C24H23F3N6O5. The smallest absolute Gasteiger partial charge is 0.414 e. The Labute approximate surface area is 214 Å². The number of benzene rings is 1. The fourth-order valence-corrected chi connectivity index (χ4v) is 4.45. The molecule has 38 heavy (non-hydrogen) atoms. The van der Waals surface area contributed by atoms with Gasteiger partial charge in [0, 0.05) is 50.7 Å². The minimum absolute atomic E-state index is 0.0231. The van der Waals surface area contributed by atoms with Crippen LogP contribution in [0.4, 0.5) is 29.3 Å². The normalized spacial score (nSPS) is 17.7. The van der Waals surface area contributed by atoms with E-state index in [1.807, 2.05) is 0 Å². The van der Waals surface area contributed by atoms with E-state index in [0.29, 0.717) is 5.65 Å². The van der Waals surface area contributed by atoms with Crippen molar-refractivity contribution >= 4 is 34.9 Å². The third-order valence-electron chi connectivity index (χ3n) is 6.39. The highest BCUT2D eigenvalue weighted by Gasteiger charge is 2.33. The summed E-state index contributed by atoms with van der Waals surface area (Å²) in [5.41, 5.74) is 0.103. The molecule has 0 spiro atoms. The van der Waals surface area contributed by atoms with Gasteiger partial charge in [-0.15, -0.1) is 0 Å². The van der Waals surface area contributed by atoms with Gasteiger partial charge in [-0.3, -0.25) is 14.5 Å². The van der Waals surface area contributed by atoms with Gasteiger partial charge in [-0.05, 0) is 12.1 Å². The molecule has 2 saturated heterocycles. The second kappa shape index (κ2) is 10.2. The highest BCUT2D eigenvalue weighted by Crippen LogP contribution is 2.31. The zero-order chi connectivity index (χ0) is 27.0. The number of imidazole rings is 1. The number of hydrogen-bond acceptors (Lipinski definition) is 7. The molecule has 0 aliphatic carbocycles. The lowest BCUT2D eigenvalue weighted by molar-refractivity contribution is -0.130. The molecule has 1 aromatic carbocycles.